The average molecular weight is 197 g/mol. The first-order valence-electron chi connectivity index (χ1n) is 5.43. The molecular formula is C10H19N3O. The summed E-state index contributed by atoms with van der Waals surface area (Å²) in [5, 5.41) is 6.78. The van der Waals surface area contributed by atoms with E-state index >= 15 is 0 Å². The van der Waals surface area contributed by atoms with E-state index in [9.17, 15) is 0 Å². The molecular weight excluding hydrogens is 178 g/mol. The number of nitrogens with one attached hydrogen (secondary N) is 2. The highest BCUT2D eigenvalue weighted by atomic mass is 16.5. The second-order valence-corrected chi connectivity index (χ2v) is 4.31. The standard InChI is InChI=1S/C10H19N3O/c1-10(3-7-14-8-4-10)13-9-11-5-2-6-12-9/h2-8H2,1H3,(H2,11,12,13). The Morgan fingerprint density at radius 1 is 1.43 bits per heavy atom. The first-order valence-corrected chi connectivity index (χ1v) is 5.43. The van der Waals surface area contributed by atoms with Gasteiger partial charge in [-0.15, -0.1) is 0 Å². The lowest BCUT2D eigenvalue weighted by molar-refractivity contribution is 0.0520. The van der Waals surface area contributed by atoms with Crippen molar-refractivity contribution in [1.82, 2.24) is 10.6 Å². The van der Waals surface area contributed by atoms with Gasteiger partial charge in [-0.05, 0) is 26.2 Å². The molecule has 4 nitrogen and oxygen atoms in total. The molecule has 0 spiro atoms. The Morgan fingerprint density at radius 2 is 2.21 bits per heavy atom. The van der Waals surface area contributed by atoms with Gasteiger partial charge in [-0.2, -0.15) is 0 Å². The molecule has 0 radical (unpaired) electrons. The number of hydrogen-bond acceptors (Lipinski definition) is 4. The van der Waals surface area contributed by atoms with Crippen LogP contribution in [0.2, 0.25) is 0 Å². The summed E-state index contributed by atoms with van der Waals surface area (Å²) in [5.74, 6) is 0.973. The summed E-state index contributed by atoms with van der Waals surface area (Å²) in [7, 11) is 0. The maximum atomic E-state index is 5.35. The van der Waals surface area contributed by atoms with Crippen LogP contribution < -0.4 is 10.6 Å². The zero-order valence-electron chi connectivity index (χ0n) is 8.81. The molecule has 14 heavy (non-hydrogen) atoms. The van der Waals surface area contributed by atoms with Gasteiger partial charge in [0, 0.05) is 31.8 Å². The molecule has 0 atom stereocenters. The first-order chi connectivity index (χ1) is 6.79. The molecule has 0 aromatic heterocycles. The fourth-order valence-corrected chi connectivity index (χ4v) is 1.85. The molecule has 2 aliphatic heterocycles. The Hall–Kier alpha value is -0.770. The maximum Gasteiger partial charge on any atom is 0.191 e. The van der Waals surface area contributed by atoms with Gasteiger partial charge in [0.2, 0.25) is 0 Å². The molecule has 2 rings (SSSR count). The summed E-state index contributed by atoms with van der Waals surface area (Å²) < 4.78 is 5.35. The van der Waals surface area contributed by atoms with Crippen molar-refractivity contribution in [2.24, 2.45) is 4.99 Å². The third-order valence-electron chi connectivity index (χ3n) is 2.91. The van der Waals surface area contributed by atoms with Crippen LogP contribution in [-0.2, 0) is 4.74 Å². The second-order valence-electron chi connectivity index (χ2n) is 4.31. The van der Waals surface area contributed by atoms with Crippen LogP contribution in [0.4, 0.5) is 0 Å². The lowest BCUT2D eigenvalue weighted by Crippen LogP contribution is -2.54. The summed E-state index contributed by atoms with van der Waals surface area (Å²) in [4.78, 5) is 4.42. The van der Waals surface area contributed by atoms with E-state index in [4.69, 9.17) is 4.74 Å². The average Bonchev–Trinajstić information content (AvgIpc) is 2.19. The molecule has 80 valence electrons. The predicted octanol–water partition coefficient (Wildman–Crippen LogP) is 0.494. The number of rotatable bonds is 1. The summed E-state index contributed by atoms with van der Waals surface area (Å²) in [5.41, 5.74) is 0.168. The van der Waals surface area contributed by atoms with E-state index in [-0.39, 0.29) is 5.54 Å². The normalized spacial score (nSPS) is 26.2. The third kappa shape index (κ3) is 2.38. The molecule has 2 heterocycles. The van der Waals surface area contributed by atoms with Crippen molar-refractivity contribution < 1.29 is 4.74 Å². The van der Waals surface area contributed by atoms with E-state index in [1.807, 2.05) is 0 Å². The smallest absolute Gasteiger partial charge is 0.191 e. The number of ether oxygens (including phenoxy) is 1. The van der Waals surface area contributed by atoms with Gasteiger partial charge < -0.3 is 15.4 Å². The van der Waals surface area contributed by atoms with E-state index in [0.29, 0.717) is 0 Å². The Bertz CT molecular complexity index is 221. The van der Waals surface area contributed by atoms with Crippen LogP contribution in [-0.4, -0.2) is 37.8 Å². The second kappa shape index (κ2) is 4.17. The zero-order chi connectivity index (χ0) is 9.86. The largest absolute Gasteiger partial charge is 0.381 e. The summed E-state index contributed by atoms with van der Waals surface area (Å²) in [6.45, 7) is 5.95. The molecule has 0 unspecified atom stereocenters. The highest BCUT2D eigenvalue weighted by Crippen LogP contribution is 2.19. The van der Waals surface area contributed by atoms with Crippen LogP contribution in [0.15, 0.2) is 4.99 Å². The Kier molecular flexibility index (Phi) is 2.91. The van der Waals surface area contributed by atoms with E-state index in [1.165, 1.54) is 0 Å². The molecule has 0 aliphatic carbocycles. The topological polar surface area (TPSA) is 45.7 Å². The van der Waals surface area contributed by atoms with Crippen molar-refractivity contribution in [3.8, 4) is 0 Å². The SMILES string of the molecule is CC1(NC2=NCCCN2)CCOCC1. The number of guanidine groups is 1. The van der Waals surface area contributed by atoms with Crippen LogP contribution in [0.3, 0.4) is 0 Å². The number of nitrogens with zero attached hydrogens (tertiary/aromatic N) is 1. The van der Waals surface area contributed by atoms with Crippen LogP contribution in [0.25, 0.3) is 0 Å². The van der Waals surface area contributed by atoms with Crippen LogP contribution in [0.1, 0.15) is 26.2 Å². The van der Waals surface area contributed by atoms with Crippen LogP contribution in [0.5, 0.6) is 0 Å². The van der Waals surface area contributed by atoms with Crippen molar-refractivity contribution in [2.75, 3.05) is 26.3 Å². The van der Waals surface area contributed by atoms with E-state index in [1.54, 1.807) is 0 Å². The highest BCUT2D eigenvalue weighted by molar-refractivity contribution is 5.81. The van der Waals surface area contributed by atoms with Gasteiger partial charge in [-0.1, -0.05) is 0 Å². The summed E-state index contributed by atoms with van der Waals surface area (Å²) >= 11 is 0. The highest BCUT2D eigenvalue weighted by Gasteiger charge is 2.28. The Morgan fingerprint density at radius 3 is 2.86 bits per heavy atom. The van der Waals surface area contributed by atoms with Gasteiger partial charge in [0.1, 0.15) is 0 Å². The van der Waals surface area contributed by atoms with E-state index in [2.05, 4.69) is 22.5 Å². The Labute approximate surface area is 85.1 Å². The minimum atomic E-state index is 0.168. The molecule has 2 N–H and O–H groups in total. The van der Waals surface area contributed by atoms with Crippen molar-refractivity contribution in [3.63, 3.8) is 0 Å². The molecule has 4 heteroatoms. The van der Waals surface area contributed by atoms with Gasteiger partial charge in [0.15, 0.2) is 5.96 Å². The fourth-order valence-electron chi connectivity index (χ4n) is 1.85. The van der Waals surface area contributed by atoms with E-state index in [0.717, 1.165) is 51.5 Å². The van der Waals surface area contributed by atoms with Gasteiger partial charge >= 0.3 is 0 Å². The molecule has 2 aliphatic rings. The van der Waals surface area contributed by atoms with Crippen molar-refractivity contribution in [3.05, 3.63) is 0 Å². The molecule has 1 saturated heterocycles. The van der Waals surface area contributed by atoms with Gasteiger partial charge in [0.05, 0.1) is 0 Å². The van der Waals surface area contributed by atoms with Crippen LogP contribution >= 0.6 is 0 Å². The van der Waals surface area contributed by atoms with Crippen molar-refractivity contribution in [2.45, 2.75) is 31.7 Å². The summed E-state index contributed by atoms with van der Waals surface area (Å²) in [6.07, 6.45) is 3.27. The number of aliphatic imine (C=N–C) groups is 1. The molecule has 0 amide bonds. The monoisotopic (exact) mass is 197 g/mol. The van der Waals surface area contributed by atoms with E-state index < -0.39 is 0 Å². The van der Waals surface area contributed by atoms with Crippen molar-refractivity contribution >= 4 is 5.96 Å². The zero-order valence-corrected chi connectivity index (χ0v) is 8.81. The maximum absolute atomic E-state index is 5.35. The predicted molar refractivity (Wildman–Crippen MR) is 56.5 cm³/mol. The van der Waals surface area contributed by atoms with Crippen molar-refractivity contribution in [1.29, 1.82) is 0 Å². The van der Waals surface area contributed by atoms with Gasteiger partial charge in [0.25, 0.3) is 0 Å². The Balaban J connectivity index is 1.90. The quantitative estimate of drug-likeness (QED) is 0.643. The molecule has 0 aromatic rings. The first kappa shape index (κ1) is 9.77. The summed E-state index contributed by atoms with van der Waals surface area (Å²) in [6, 6.07) is 0. The molecule has 0 aromatic carbocycles. The minimum Gasteiger partial charge on any atom is -0.381 e. The number of hydrogen-bond donors (Lipinski definition) is 2. The third-order valence-corrected chi connectivity index (χ3v) is 2.91. The lowest BCUT2D eigenvalue weighted by Gasteiger charge is -2.36. The molecule has 0 bridgehead atoms. The fraction of sp³-hybridized carbons (Fsp3) is 0.900. The van der Waals surface area contributed by atoms with Gasteiger partial charge in [-0.25, -0.2) is 0 Å². The lowest BCUT2D eigenvalue weighted by atomic mass is 9.93. The van der Waals surface area contributed by atoms with Crippen LogP contribution in [0, 0.1) is 0 Å². The van der Waals surface area contributed by atoms with Gasteiger partial charge in [-0.3, -0.25) is 4.99 Å². The molecule has 1 fully saturated rings. The molecule has 0 saturated carbocycles. The minimum absolute atomic E-state index is 0.168.